The molecule has 2 fully saturated rings. The highest BCUT2D eigenvalue weighted by Gasteiger charge is 2.63. The van der Waals surface area contributed by atoms with Gasteiger partial charge in [-0.05, 0) is 132 Å². The Labute approximate surface area is 322 Å². The van der Waals surface area contributed by atoms with Gasteiger partial charge in [0, 0.05) is 24.1 Å². The molecule has 1 aliphatic heterocycles. The molecular formula is C45H52N2O8. The first-order valence-electron chi connectivity index (χ1n) is 19.4. The molecule has 3 unspecified atom stereocenters. The molecule has 0 amide bonds. The van der Waals surface area contributed by atoms with E-state index in [1.807, 2.05) is 30.3 Å². The molecular weight excluding hydrogens is 697 g/mol. The zero-order chi connectivity index (χ0) is 38.7. The normalized spacial score (nSPS) is 20.1. The molecule has 0 radical (unpaired) electrons. The van der Waals surface area contributed by atoms with E-state index in [-0.39, 0.29) is 46.4 Å². The molecule has 2 saturated carbocycles. The summed E-state index contributed by atoms with van der Waals surface area (Å²) in [5.41, 5.74) is 2.72. The Balaban J connectivity index is 1.26. The lowest BCUT2D eigenvalue weighted by atomic mass is 9.52. The van der Waals surface area contributed by atoms with Gasteiger partial charge in [-0.3, -0.25) is 4.79 Å². The molecule has 0 saturated heterocycles. The summed E-state index contributed by atoms with van der Waals surface area (Å²) in [5.74, 6) is 0.175. The van der Waals surface area contributed by atoms with Crippen molar-refractivity contribution in [3.05, 3.63) is 101 Å². The summed E-state index contributed by atoms with van der Waals surface area (Å²) in [5, 5.41) is 62.3. The number of aliphatic hydroxyl groups is 1. The second kappa shape index (κ2) is 15.8. The minimum atomic E-state index is -0.969. The molecule has 10 nitrogen and oxygen atoms in total. The van der Waals surface area contributed by atoms with Gasteiger partial charge in [-0.2, -0.15) is 0 Å². The average Bonchev–Trinajstić information content (AvgIpc) is 3.82. The third kappa shape index (κ3) is 7.40. The van der Waals surface area contributed by atoms with Crippen molar-refractivity contribution in [2.45, 2.75) is 76.7 Å². The quantitative estimate of drug-likeness (QED) is 0.0630. The Morgan fingerprint density at radius 2 is 1.53 bits per heavy atom. The number of phenolic OH excluding ortho intramolecular Hbond substituents is 4. The van der Waals surface area contributed by atoms with E-state index in [4.69, 9.17) is 9.47 Å². The second-order valence-electron chi connectivity index (χ2n) is 15.5. The number of dihydropyridines is 1. The van der Waals surface area contributed by atoms with Crippen LogP contribution in [0.25, 0.3) is 10.8 Å². The summed E-state index contributed by atoms with van der Waals surface area (Å²) < 4.78 is 10.6. The first-order chi connectivity index (χ1) is 26.6. The highest BCUT2D eigenvalue weighted by Crippen LogP contribution is 2.68. The number of carbonyl (C=O) groups excluding carboxylic acids is 1. The maximum atomic E-state index is 15.1. The molecule has 4 aromatic carbocycles. The SMILES string of the molecule is COc1cc(CCC(O)C(C(=O)CCc2cc(O)c(O)c(OC)c2)C2(C3=CCNC(Nc4ccc5cc(O)ccc5c4)=C3)CCCC23CCCC3)ccc1O. The van der Waals surface area contributed by atoms with Crippen molar-refractivity contribution in [2.75, 3.05) is 26.1 Å². The minimum absolute atomic E-state index is 0.0318. The predicted octanol–water partition coefficient (Wildman–Crippen LogP) is 8.00. The van der Waals surface area contributed by atoms with Crippen LogP contribution in [0.4, 0.5) is 5.69 Å². The van der Waals surface area contributed by atoms with E-state index in [1.54, 1.807) is 30.3 Å². The summed E-state index contributed by atoms with van der Waals surface area (Å²) in [4.78, 5) is 15.1. The number of aryl methyl sites for hydroxylation is 2. The van der Waals surface area contributed by atoms with Crippen molar-refractivity contribution in [2.24, 2.45) is 16.7 Å². The maximum Gasteiger partial charge on any atom is 0.200 e. The molecule has 0 bridgehead atoms. The molecule has 3 aliphatic rings. The van der Waals surface area contributed by atoms with Gasteiger partial charge in [0.2, 0.25) is 5.75 Å². The molecule has 2 aliphatic carbocycles. The molecule has 10 heteroatoms. The van der Waals surface area contributed by atoms with E-state index in [9.17, 15) is 25.5 Å². The van der Waals surface area contributed by atoms with Crippen LogP contribution in [0, 0.1) is 16.7 Å². The van der Waals surface area contributed by atoms with E-state index in [1.165, 1.54) is 20.3 Å². The van der Waals surface area contributed by atoms with Crippen molar-refractivity contribution in [3.8, 4) is 34.5 Å². The number of hydrogen-bond donors (Lipinski definition) is 7. The number of Topliss-reactive ketones (excluding diaryl/α,β-unsaturated/α-hetero) is 1. The van der Waals surface area contributed by atoms with Gasteiger partial charge in [0.25, 0.3) is 0 Å². The van der Waals surface area contributed by atoms with Gasteiger partial charge >= 0.3 is 0 Å². The van der Waals surface area contributed by atoms with Crippen molar-refractivity contribution in [3.63, 3.8) is 0 Å². The molecule has 7 N–H and O–H groups in total. The third-order valence-corrected chi connectivity index (χ3v) is 12.5. The van der Waals surface area contributed by atoms with Crippen LogP contribution in [0.15, 0.2) is 90.3 Å². The number of anilines is 1. The Kier molecular flexibility index (Phi) is 10.9. The van der Waals surface area contributed by atoms with Crippen LogP contribution >= 0.6 is 0 Å². The van der Waals surface area contributed by atoms with E-state index in [0.29, 0.717) is 37.1 Å². The Hall–Kier alpha value is -5.35. The lowest BCUT2D eigenvalue weighted by Crippen LogP contribution is -2.52. The largest absolute Gasteiger partial charge is 0.508 e. The van der Waals surface area contributed by atoms with Crippen LogP contribution in [-0.2, 0) is 17.6 Å². The Bertz CT molecular complexity index is 2110. The number of rotatable bonds is 14. The predicted molar refractivity (Wildman–Crippen MR) is 213 cm³/mol. The van der Waals surface area contributed by atoms with E-state index in [0.717, 1.165) is 78.4 Å². The number of allylic oxidation sites excluding steroid dienone is 2. The van der Waals surface area contributed by atoms with E-state index in [2.05, 4.69) is 22.8 Å². The number of ketones is 1. The van der Waals surface area contributed by atoms with Gasteiger partial charge in [0.1, 0.15) is 17.4 Å². The molecule has 0 aromatic heterocycles. The summed E-state index contributed by atoms with van der Waals surface area (Å²) in [7, 11) is 2.92. The summed E-state index contributed by atoms with van der Waals surface area (Å²) in [6, 6.07) is 19.6. The molecule has 3 atom stereocenters. The summed E-state index contributed by atoms with van der Waals surface area (Å²) >= 11 is 0. The minimum Gasteiger partial charge on any atom is -0.508 e. The Morgan fingerprint density at radius 1 is 0.800 bits per heavy atom. The molecule has 1 spiro atoms. The number of phenols is 4. The highest BCUT2D eigenvalue weighted by atomic mass is 16.5. The molecule has 4 aromatic rings. The standard InChI is InChI=1S/C45H52N2O8/c1-54-39-23-28(6-13-35(39)49)7-14-36(50)42(37(51)15-8-29-22-38(52)43(53)40(24-29)55-2)45(20-5-19-44(45)17-3-4-18-44)32-16-21-46-41(27-32)47-33-11-9-31-26-34(48)12-10-30(31)25-33/h6,9-13,16,22-27,36,42,46-50,52-53H,3-5,7-8,14-15,17-21H2,1-2H3. The maximum absolute atomic E-state index is 15.1. The lowest BCUT2D eigenvalue weighted by Gasteiger charge is -2.52. The average molecular weight is 749 g/mol. The summed E-state index contributed by atoms with van der Waals surface area (Å²) in [6.07, 6.45) is 11.5. The number of benzene rings is 4. The van der Waals surface area contributed by atoms with Crippen LogP contribution in [0.3, 0.4) is 0 Å². The van der Waals surface area contributed by atoms with Crippen LogP contribution in [0.2, 0.25) is 0 Å². The Morgan fingerprint density at radius 3 is 2.31 bits per heavy atom. The molecule has 290 valence electrons. The smallest absolute Gasteiger partial charge is 0.200 e. The van der Waals surface area contributed by atoms with Gasteiger partial charge in [0.15, 0.2) is 23.0 Å². The van der Waals surface area contributed by atoms with Crippen molar-refractivity contribution in [1.82, 2.24) is 5.32 Å². The fourth-order valence-corrected chi connectivity index (χ4v) is 10.00. The van der Waals surface area contributed by atoms with Crippen LogP contribution in [0.1, 0.15) is 68.9 Å². The van der Waals surface area contributed by atoms with E-state index < -0.39 is 17.4 Å². The zero-order valence-electron chi connectivity index (χ0n) is 31.6. The first kappa shape index (κ1) is 37.9. The van der Waals surface area contributed by atoms with Gasteiger partial charge in [-0.15, -0.1) is 0 Å². The summed E-state index contributed by atoms with van der Waals surface area (Å²) in [6.45, 7) is 0.560. The molecule has 7 rings (SSSR count). The number of aliphatic hydroxyl groups excluding tert-OH is 1. The number of nitrogens with one attached hydrogen (secondary N) is 2. The van der Waals surface area contributed by atoms with Crippen LogP contribution < -0.4 is 20.1 Å². The van der Waals surface area contributed by atoms with Gasteiger partial charge in [0.05, 0.1) is 26.2 Å². The fourth-order valence-electron chi connectivity index (χ4n) is 10.00. The van der Waals surface area contributed by atoms with Crippen LogP contribution in [-0.4, -0.2) is 58.2 Å². The van der Waals surface area contributed by atoms with Crippen molar-refractivity contribution in [1.29, 1.82) is 0 Å². The van der Waals surface area contributed by atoms with Crippen molar-refractivity contribution < 1.29 is 39.8 Å². The fraction of sp³-hybridized carbons (Fsp3) is 0.400. The first-order valence-corrected chi connectivity index (χ1v) is 19.4. The zero-order valence-corrected chi connectivity index (χ0v) is 31.6. The third-order valence-electron chi connectivity index (χ3n) is 12.5. The van der Waals surface area contributed by atoms with E-state index >= 15 is 4.79 Å². The number of fused-ring (bicyclic) bond motifs is 1. The van der Waals surface area contributed by atoms with Gasteiger partial charge < -0.3 is 45.6 Å². The second-order valence-corrected chi connectivity index (χ2v) is 15.5. The topological polar surface area (TPSA) is 161 Å². The number of ether oxygens (including phenoxy) is 2. The van der Waals surface area contributed by atoms with Crippen molar-refractivity contribution >= 4 is 22.2 Å². The highest BCUT2D eigenvalue weighted by molar-refractivity contribution is 5.87. The van der Waals surface area contributed by atoms with Gasteiger partial charge in [-0.1, -0.05) is 43.5 Å². The molecule has 1 heterocycles. The molecule has 55 heavy (non-hydrogen) atoms. The number of carbonyl (C=O) groups is 1. The van der Waals surface area contributed by atoms with Crippen LogP contribution in [0.5, 0.6) is 34.5 Å². The number of hydrogen-bond acceptors (Lipinski definition) is 10. The number of methoxy groups -OCH3 is 2. The lowest BCUT2D eigenvalue weighted by molar-refractivity contribution is -0.137. The van der Waals surface area contributed by atoms with Gasteiger partial charge in [-0.25, -0.2) is 0 Å². The number of aromatic hydroxyl groups is 4. The monoisotopic (exact) mass is 748 g/mol.